The summed E-state index contributed by atoms with van der Waals surface area (Å²) in [6.07, 6.45) is 3.31. The van der Waals surface area contributed by atoms with Crippen LogP contribution in [0.1, 0.15) is 36.2 Å². The highest BCUT2D eigenvalue weighted by Crippen LogP contribution is 2.30. The van der Waals surface area contributed by atoms with E-state index in [9.17, 15) is 13.2 Å². The molecular formula is C21H22N2O4S. The van der Waals surface area contributed by atoms with Gasteiger partial charge in [0.05, 0.1) is 17.3 Å². The van der Waals surface area contributed by atoms with Crippen molar-refractivity contribution in [1.29, 1.82) is 0 Å². The van der Waals surface area contributed by atoms with Crippen molar-refractivity contribution in [1.82, 2.24) is 4.98 Å². The van der Waals surface area contributed by atoms with Gasteiger partial charge in [-0.05, 0) is 49.2 Å². The van der Waals surface area contributed by atoms with Crippen molar-refractivity contribution in [2.75, 3.05) is 12.4 Å². The number of fused-ring (bicyclic) bond motifs is 1. The molecule has 2 N–H and O–H groups in total. The minimum absolute atomic E-state index is 0.263. The molecule has 0 aliphatic heterocycles. The summed E-state index contributed by atoms with van der Waals surface area (Å²) in [4.78, 5) is 16.0. The third-order valence-corrected chi connectivity index (χ3v) is 7.50. The van der Waals surface area contributed by atoms with Crippen molar-refractivity contribution < 1.29 is 17.9 Å². The molecule has 0 atom stereocenters. The number of sulfone groups is 1. The number of nitrogens with one attached hydrogen (secondary N) is 2. The van der Waals surface area contributed by atoms with Crippen molar-refractivity contribution in [3.05, 3.63) is 54.2 Å². The van der Waals surface area contributed by atoms with Crippen LogP contribution in [0.3, 0.4) is 0 Å². The second-order valence-electron chi connectivity index (χ2n) is 7.07. The first-order valence-corrected chi connectivity index (χ1v) is 10.8. The van der Waals surface area contributed by atoms with E-state index < -0.39 is 9.84 Å². The lowest BCUT2D eigenvalue weighted by Gasteiger charge is -2.12. The van der Waals surface area contributed by atoms with Gasteiger partial charge in [-0.2, -0.15) is 0 Å². The molecule has 1 heterocycles. The van der Waals surface area contributed by atoms with Crippen LogP contribution in [-0.4, -0.2) is 31.7 Å². The Bertz CT molecular complexity index is 1130. The molecule has 7 heteroatoms. The number of methoxy groups -OCH3 is 1. The lowest BCUT2D eigenvalue weighted by Crippen LogP contribution is -2.18. The highest BCUT2D eigenvalue weighted by atomic mass is 32.2. The number of rotatable bonds is 5. The number of carbonyl (C=O) groups excluding carboxylic acids is 1. The van der Waals surface area contributed by atoms with Crippen LogP contribution in [0.2, 0.25) is 0 Å². The fraction of sp³-hybridized carbons (Fsp3) is 0.286. The maximum atomic E-state index is 12.8. The van der Waals surface area contributed by atoms with Crippen molar-refractivity contribution in [2.45, 2.75) is 35.8 Å². The van der Waals surface area contributed by atoms with E-state index in [-0.39, 0.29) is 16.1 Å². The van der Waals surface area contributed by atoms with Crippen molar-refractivity contribution >= 4 is 32.3 Å². The molecule has 2 aromatic carbocycles. The molecular weight excluding hydrogens is 376 g/mol. The van der Waals surface area contributed by atoms with Gasteiger partial charge in [-0.15, -0.1) is 0 Å². The van der Waals surface area contributed by atoms with Gasteiger partial charge in [0.25, 0.3) is 5.91 Å². The number of H-pyrrole nitrogens is 1. The van der Waals surface area contributed by atoms with Crippen LogP contribution < -0.4 is 10.1 Å². The number of aromatic amines is 1. The average Bonchev–Trinajstić information content (AvgIpc) is 3.37. The van der Waals surface area contributed by atoms with E-state index in [4.69, 9.17) is 4.74 Å². The molecule has 0 unspecified atom stereocenters. The van der Waals surface area contributed by atoms with Crippen molar-refractivity contribution in [2.24, 2.45) is 0 Å². The molecule has 1 saturated carbocycles. The molecule has 3 aromatic rings. The molecule has 1 amide bonds. The molecule has 6 nitrogen and oxygen atoms in total. The van der Waals surface area contributed by atoms with E-state index in [1.54, 1.807) is 31.4 Å². The summed E-state index contributed by atoms with van der Waals surface area (Å²) >= 11 is 0. The minimum Gasteiger partial charge on any atom is -0.497 e. The fourth-order valence-corrected chi connectivity index (χ4v) is 5.59. The fourth-order valence-electron chi connectivity index (χ4n) is 3.70. The Morgan fingerprint density at radius 1 is 1.11 bits per heavy atom. The first-order valence-electron chi connectivity index (χ1n) is 9.29. The Morgan fingerprint density at radius 2 is 1.89 bits per heavy atom. The highest BCUT2D eigenvalue weighted by molar-refractivity contribution is 7.92. The van der Waals surface area contributed by atoms with Crippen LogP contribution in [-0.2, 0) is 9.84 Å². The lowest BCUT2D eigenvalue weighted by atomic mass is 10.2. The predicted molar refractivity (Wildman–Crippen MR) is 109 cm³/mol. The number of hydrogen-bond donors (Lipinski definition) is 2. The number of anilines is 1. The SMILES string of the molecule is COc1ccc2cc(C(=O)Nc3cccc(S(=O)(=O)C4CCCC4)c3)[nH]c2c1. The van der Waals surface area contributed by atoms with E-state index in [2.05, 4.69) is 10.3 Å². The maximum Gasteiger partial charge on any atom is 0.272 e. The summed E-state index contributed by atoms with van der Waals surface area (Å²) in [6, 6.07) is 13.8. The number of aromatic nitrogens is 1. The molecule has 0 radical (unpaired) electrons. The summed E-state index contributed by atoms with van der Waals surface area (Å²) in [5, 5.41) is 3.36. The smallest absolute Gasteiger partial charge is 0.272 e. The van der Waals surface area contributed by atoms with Gasteiger partial charge >= 0.3 is 0 Å². The van der Waals surface area contributed by atoms with E-state index in [1.165, 1.54) is 6.07 Å². The van der Waals surface area contributed by atoms with Crippen LogP contribution >= 0.6 is 0 Å². The average molecular weight is 398 g/mol. The third-order valence-electron chi connectivity index (χ3n) is 5.24. The van der Waals surface area contributed by atoms with E-state index >= 15 is 0 Å². The second kappa shape index (κ2) is 7.31. The summed E-state index contributed by atoms with van der Waals surface area (Å²) in [5.74, 6) is 0.372. The van der Waals surface area contributed by atoms with Crippen LogP contribution in [0, 0.1) is 0 Å². The Morgan fingerprint density at radius 3 is 2.64 bits per heavy atom. The largest absolute Gasteiger partial charge is 0.497 e. The molecule has 1 aromatic heterocycles. The molecule has 1 fully saturated rings. The number of amides is 1. The molecule has 28 heavy (non-hydrogen) atoms. The first kappa shape index (κ1) is 18.6. The zero-order valence-corrected chi connectivity index (χ0v) is 16.4. The number of benzene rings is 2. The standard InChI is InChI=1S/C21H22N2O4S/c1-27-16-10-9-14-11-20(23-19(14)13-16)21(24)22-15-5-4-8-18(12-15)28(25,26)17-6-2-3-7-17/h4-5,8-13,17,23H,2-3,6-7H2,1H3,(H,22,24). The number of carbonyl (C=O) groups is 1. The van der Waals surface area contributed by atoms with Gasteiger partial charge in [0.15, 0.2) is 9.84 Å². The Labute approximate surface area is 163 Å². The van der Waals surface area contributed by atoms with Gasteiger partial charge in [-0.1, -0.05) is 18.9 Å². The monoisotopic (exact) mass is 398 g/mol. The first-order chi connectivity index (χ1) is 13.5. The molecule has 0 saturated heterocycles. The molecule has 4 rings (SSSR count). The van der Waals surface area contributed by atoms with E-state index in [0.717, 1.165) is 23.7 Å². The topological polar surface area (TPSA) is 88.3 Å². The normalized spacial score (nSPS) is 15.0. The summed E-state index contributed by atoms with van der Waals surface area (Å²) in [7, 11) is -1.78. The molecule has 1 aliphatic carbocycles. The zero-order valence-electron chi connectivity index (χ0n) is 15.6. The summed E-state index contributed by atoms with van der Waals surface area (Å²) < 4.78 is 30.8. The van der Waals surface area contributed by atoms with Crippen LogP contribution in [0.5, 0.6) is 5.75 Å². The Hall–Kier alpha value is -2.80. The highest BCUT2D eigenvalue weighted by Gasteiger charge is 2.30. The lowest BCUT2D eigenvalue weighted by molar-refractivity contribution is 0.102. The van der Waals surface area contributed by atoms with Gasteiger partial charge in [-0.25, -0.2) is 8.42 Å². The van der Waals surface area contributed by atoms with Crippen molar-refractivity contribution in [3.63, 3.8) is 0 Å². The summed E-state index contributed by atoms with van der Waals surface area (Å²) in [5.41, 5.74) is 1.65. The Balaban J connectivity index is 1.56. The van der Waals surface area contributed by atoms with E-state index in [1.807, 2.05) is 18.2 Å². The van der Waals surface area contributed by atoms with Crippen LogP contribution in [0.25, 0.3) is 10.9 Å². The number of hydrogen-bond acceptors (Lipinski definition) is 4. The van der Waals surface area contributed by atoms with Crippen LogP contribution in [0.15, 0.2) is 53.4 Å². The van der Waals surface area contributed by atoms with Crippen molar-refractivity contribution in [3.8, 4) is 5.75 Å². The molecule has 0 spiro atoms. The summed E-state index contributed by atoms with van der Waals surface area (Å²) in [6.45, 7) is 0. The van der Waals surface area contributed by atoms with Gasteiger partial charge in [0.1, 0.15) is 11.4 Å². The molecule has 146 valence electrons. The third kappa shape index (κ3) is 3.49. The van der Waals surface area contributed by atoms with Gasteiger partial charge in [0, 0.05) is 22.7 Å². The minimum atomic E-state index is -3.36. The quantitative estimate of drug-likeness (QED) is 0.676. The molecule has 1 aliphatic rings. The van der Waals surface area contributed by atoms with Crippen LogP contribution in [0.4, 0.5) is 5.69 Å². The Kier molecular flexibility index (Phi) is 4.85. The predicted octanol–water partition coefficient (Wildman–Crippen LogP) is 4.15. The second-order valence-corrected chi connectivity index (χ2v) is 9.30. The zero-order chi connectivity index (χ0) is 19.7. The molecule has 0 bridgehead atoms. The number of ether oxygens (including phenoxy) is 1. The maximum absolute atomic E-state index is 12.8. The van der Waals surface area contributed by atoms with Gasteiger partial charge in [0.2, 0.25) is 0 Å². The van der Waals surface area contributed by atoms with Gasteiger partial charge in [-0.3, -0.25) is 4.79 Å². The van der Waals surface area contributed by atoms with Gasteiger partial charge < -0.3 is 15.0 Å². The van der Waals surface area contributed by atoms with E-state index in [0.29, 0.717) is 30.0 Å².